The summed E-state index contributed by atoms with van der Waals surface area (Å²) in [6, 6.07) is 8.54. The molecule has 4 heteroatoms. The van der Waals surface area contributed by atoms with Crippen molar-refractivity contribution in [3.05, 3.63) is 45.6 Å². The summed E-state index contributed by atoms with van der Waals surface area (Å²) < 4.78 is 11.2. The van der Waals surface area contributed by atoms with E-state index in [1.807, 2.05) is 13.1 Å². The second-order valence-corrected chi connectivity index (χ2v) is 5.54. The standard InChI is InChI=1S/C15H17NO2S/c1-10-5-8-19-15(10)14(16-2)11-3-4-12-13(9-11)18-7-6-17-12/h3-5,8-9,14,16H,6-7H2,1-2H3. The summed E-state index contributed by atoms with van der Waals surface area (Å²) in [7, 11) is 1.99. The molecule has 1 aromatic heterocycles. The fraction of sp³-hybridized carbons (Fsp3) is 0.333. The Morgan fingerprint density at radius 3 is 2.63 bits per heavy atom. The van der Waals surface area contributed by atoms with Crippen LogP contribution in [-0.4, -0.2) is 20.3 Å². The average molecular weight is 275 g/mol. The largest absolute Gasteiger partial charge is 0.486 e. The lowest BCUT2D eigenvalue weighted by atomic mass is 10.0. The molecule has 1 N–H and O–H groups in total. The third-order valence-electron chi connectivity index (χ3n) is 3.35. The van der Waals surface area contributed by atoms with Gasteiger partial charge in [0.1, 0.15) is 13.2 Å². The van der Waals surface area contributed by atoms with Crippen LogP contribution in [0.3, 0.4) is 0 Å². The van der Waals surface area contributed by atoms with E-state index < -0.39 is 0 Å². The number of hydrogen-bond donors (Lipinski definition) is 1. The number of ether oxygens (including phenoxy) is 2. The van der Waals surface area contributed by atoms with Gasteiger partial charge in [0.15, 0.2) is 11.5 Å². The van der Waals surface area contributed by atoms with Gasteiger partial charge in [-0.1, -0.05) is 6.07 Å². The topological polar surface area (TPSA) is 30.5 Å². The van der Waals surface area contributed by atoms with Gasteiger partial charge >= 0.3 is 0 Å². The van der Waals surface area contributed by atoms with Crippen LogP contribution < -0.4 is 14.8 Å². The fourth-order valence-electron chi connectivity index (χ4n) is 2.37. The van der Waals surface area contributed by atoms with E-state index in [-0.39, 0.29) is 6.04 Å². The number of thiophene rings is 1. The highest BCUT2D eigenvalue weighted by Gasteiger charge is 2.19. The normalized spacial score (nSPS) is 15.3. The molecule has 1 unspecified atom stereocenters. The zero-order chi connectivity index (χ0) is 13.2. The Bertz CT molecular complexity index is 579. The first-order chi connectivity index (χ1) is 9.29. The van der Waals surface area contributed by atoms with Gasteiger partial charge in [0.05, 0.1) is 6.04 Å². The Hall–Kier alpha value is -1.52. The number of rotatable bonds is 3. The summed E-state index contributed by atoms with van der Waals surface area (Å²) in [6.45, 7) is 3.40. The summed E-state index contributed by atoms with van der Waals surface area (Å²) in [4.78, 5) is 1.35. The summed E-state index contributed by atoms with van der Waals surface area (Å²) in [5, 5.41) is 5.51. The van der Waals surface area contributed by atoms with E-state index in [1.165, 1.54) is 16.0 Å². The van der Waals surface area contributed by atoms with Crippen molar-refractivity contribution >= 4 is 11.3 Å². The number of aryl methyl sites for hydroxylation is 1. The molecule has 0 radical (unpaired) electrons. The molecule has 1 aliphatic heterocycles. The number of fused-ring (bicyclic) bond motifs is 1. The molecular weight excluding hydrogens is 258 g/mol. The van der Waals surface area contributed by atoms with Crippen molar-refractivity contribution in [2.45, 2.75) is 13.0 Å². The molecule has 0 bridgehead atoms. The minimum absolute atomic E-state index is 0.204. The second kappa shape index (κ2) is 5.23. The third-order valence-corrected chi connectivity index (χ3v) is 4.44. The summed E-state index contributed by atoms with van der Waals surface area (Å²) >= 11 is 1.78. The van der Waals surface area contributed by atoms with Crippen LogP contribution >= 0.6 is 11.3 Å². The van der Waals surface area contributed by atoms with Crippen molar-refractivity contribution in [3.8, 4) is 11.5 Å². The van der Waals surface area contributed by atoms with Crippen molar-refractivity contribution in [2.24, 2.45) is 0 Å². The Morgan fingerprint density at radius 1 is 1.16 bits per heavy atom. The van der Waals surface area contributed by atoms with Crippen LogP contribution in [0, 0.1) is 6.92 Å². The molecule has 1 aliphatic rings. The maximum absolute atomic E-state index is 5.66. The quantitative estimate of drug-likeness (QED) is 0.933. The molecule has 0 fully saturated rings. The van der Waals surface area contributed by atoms with Crippen LogP contribution in [0.2, 0.25) is 0 Å². The highest BCUT2D eigenvalue weighted by molar-refractivity contribution is 7.10. The Balaban J connectivity index is 1.98. The van der Waals surface area contributed by atoms with Crippen LogP contribution in [0.25, 0.3) is 0 Å². The van der Waals surface area contributed by atoms with Gasteiger partial charge in [-0.15, -0.1) is 11.3 Å². The molecule has 3 rings (SSSR count). The molecule has 0 spiro atoms. The van der Waals surface area contributed by atoms with E-state index >= 15 is 0 Å². The summed E-state index contributed by atoms with van der Waals surface area (Å²) in [5.74, 6) is 1.69. The maximum Gasteiger partial charge on any atom is 0.161 e. The lowest BCUT2D eigenvalue weighted by molar-refractivity contribution is 0.171. The van der Waals surface area contributed by atoms with E-state index in [0.29, 0.717) is 13.2 Å². The van der Waals surface area contributed by atoms with Crippen LogP contribution in [-0.2, 0) is 0 Å². The first-order valence-corrected chi connectivity index (χ1v) is 7.28. The number of hydrogen-bond acceptors (Lipinski definition) is 4. The Labute approximate surface area is 117 Å². The van der Waals surface area contributed by atoms with E-state index in [0.717, 1.165) is 11.5 Å². The predicted octanol–water partition coefficient (Wildman–Crippen LogP) is 3.14. The Kier molecular flexibility index (Phi) is 3.44. The van der Waals surface area contributed by atoms with E-state index in [1.54, 1.807) is 11.3 Å². The van der Waals surface area contributed by atoms with Gasteiger partial charge in [0.25, 0.3) is 0 Å². The van der Waals surface area contributed by atoms with Gasteiger partial charge in [-0.05, 0) is 48.7 Å². The van der Waals surface area contributed by atoms with Crippen molar-refractivity contribution in [1.82, 2.24) is 5.32 Å². The molecule has 2 aromatic rings. The summed E-state index contributed by atoms with van der Waals surface area (Å²) in [6.07, 6.45) is 0. The zero-order valence-electron chi connectivity index (χ0n) is 11.1. The molecule has 100 valence electrons. The number of nitrogens with one attached hydrogen (secondary N) is 1. The lowest BCUT2D eigenvalue weighted by Crippen LogP contribution is -2.19. The maximum atomic E-state index is 5.66. The molecular formula is C15H17NO2S. The van der Waals surface area contributed by atoms with Gasteiger partial charge in [-0.2, -0.15) is 0 Å². The highest BCUT2D eigenvalue weighted by Crippen LogP contribution is 2.36. The van der Waals surface area contributed by atoms with Gasteiger partial charge < -0.3 is 14.8 Å². The first-order valence-electron chi connectivity index (χ1n) is 6.40. The zero-order valence-corrected chi connectivity index (χ0v) is 11.9. The first kappa shape index (κ1) is 12.5. The second-order valence-electron chi connectivity index (χ2n) is 4.59. The van der Waals surface area contributed by atoms with Gasteiger partial charge in [0.2, 0.25) is 0 Å². The van der Waals surface area contributed by atoms with Crippen LogP contribution in [0.4, 0.5) is 0 Å². The van der Waals surface area contributed by atoms with Gasteiger partial charge in [0, 0.05) is 4.88 Å². The molecule has 0 aliphatic carbocycles. The molecule has 19 heavy (non-hydrogen) atoms. The van der Waals surface area contributed by atoms with E-state index in [4.69, 9.17) is 9.47 Å². The summed E-state index contributed by atoms with van der Waals surface area (Å²) in [5.41, 5.74) is 2.52. The van der Waals surface area contributed by atoms with Crippen molar-refractivity contribution in [3.63, 3.8) is 0 Å². The van der Waals surface area contributed by atoms with Crippen molar-refractivity contribution in [1.29, 1.82) is 0 Å². The van der Waals surface area contributed by atoms with Crippen molar-refractivity contribution < 1.29 is 9.47 Å². The van der Waals surface area contributed by atoms with Gasteiger partial charge in [-0.25, -0.2) is 0 Å². The monoisotopic (exact) mass is 275 g/mol. The van der Waals surface area contributed by atoms with Crippen molar-refractivity contribution in [2.75, 3.05) is 20.3 Å². The van der Waals surface area contributed by atoms with E-state index in [9.17, 15) is 0 Å². The molecule has 0 amide bonds. The van der Waals surface area contributed by atoms with Crippen LogP contribution in [0.15, 0.2) is 29.6 Å². The lowest BCUT2D eigenvalue weighted by Gasteiger charge is -2.22. The Morgan fingerprint density at radius 2 is 1.95 bits per heavy atom. The molecule has 1 aromatic carbocycles. The van der Waals surface area contributed by atoms with Gasteiger partial charge in [-0.3, -0.25) is 0 Å². The van der Waals surface area contributed by atoms with Crippen LogP contribution in [0.5, 0.6) is 11.5 Å². The molecule has 3 nitrogen and oxygen atoms in total. The smallest absolute Gasteiger partial charge is 0.161 e. The predicted molar refractivity (Wildman–Crippen MR) is 77.4 cm³/mol. The third kappa shape index (κ3) is 2.33. The highest BCUT2D eigenvalue weighted by atomic mass is 32.1. The molecule has 2 heterocycles. The minimum atomic E-state index is 0.204. The van der Waals surface area contributed by atoms with E-state index in [2.05, 4.69) is 35.8 Å². The number of benzene rings is 1. The molecule has 1 atom stereocenters. The molecule has 0 saturated heterocycles. The fourth-order valence-corrected chi connectivity index (χ4v) is 3.43. The van der Waals surface area contributed by atoms with Crippen LogP contribution in [0.1, 0.15) is 22.0 Å². The molecule has 0 saturated carbocycles. The SMILES string of the molecule is CNC(c1ccc2c(c1)OCCO2)c1sccc1C. The minimum Gasteiger partial charge on any atom is -0.486 e. The average Bonchev–Trinajstić information content (AvgIpc) is 2.86.